The van der Waals surface area contributed by atoms with Crippen molar-refractivity contribution >= 4 is 27.5 Å². The molecule has 98 valence electrons. The summed E-state index contributed by atoms with van der Waals surface area (Å²) in [7, 11) is 0. The maximum atomic E-state index is 12.1. The molecule has 0 aliphatic heterocycles. The maximum absolute atomic E-state index is 12.1. The molecule has 0 bridgehead atoms. The molecular formula is C15H15BrN2O. The number of aryl methyl sites for hydroxylation is 1. The molecule has 0 saturated carbocycles. The van der Waals surface area contributed by atoms with Gasteiger partial charge in [0.2, 0.25) is 0 Å². The average molecular weight is 319 g/mol. The lowest BCUT2D eigenvalue weighted by molar-refractivity contribution is 0.0950. The summed E-state index contributed by atoms with van der Waals surface area (Å²) >= 11 is 3.38. The molecule has 0 heterocycles. The standard InChI is InChI=1S/C15H15BrN2O/c1-10-2-7-13(17)8-14(10)15(19)18-9-11-3-5-12(16)6-4-11/h2-8H,9,17H2,1H3,(H,18,19). The first-order valence-corrected chi connectivity index (χ1v) is 6.74. The predicted octanol–water partition coefficient (Wildman–Crippen LogP) is 3.27. The number of carbonyl (C=O) groups excluding carboxylic acids is 1. The van der Waals surface area contributed by atoms with E-state index in [1.807, 2.05) is 37.3 Å². The van der Waals surface area contributed by atoms with Crippen LogP contribution in [0.4, 0.5) is 5.69 Å². The van der Waals surface area contributed by atoms with Crippen molar-refractivity contribution < 1.29 is 4.79 Å². The molecule has 19 heavy (non-hydrogen) atoms. The van der Waals surface area contributed by atoms with Gasteiger partial charge in [-0.2, -0.15) is 0 Å². The molecule has 3 nitrogen and oxygen atoms in total. The van der Waals surface area contributed by atoms with Crippen molar-refractivity contribution in [1.29, 1.82) is 0 Å². The minimum atomic E-state index is -0.104. The Morgan fingerprint density at radius 3 is 2.58 bits per heavy atom. The number of hydrogen-bond donors (Lipinski definition) is 2. The summed E-state index contributed by atoms with van der Waals surface area (Å²) in [5.74, 6) is -0.104. The number of carbonyl (C=O) groups is 1. The van der Waals surface area contributed by atoms with Gasteiger partial charge in [-0.25, -0.2) is 0 Å². The molecule has 0 spiro atoms. The van der Waals surface area contributed by atoms with Gasteiger partial charge in [0.1, 0.15) is 0 Å². The normalized spacial score (nSPS) is 10.2. The lowest BCUT2D eigenvalue weighted by atomic mass is 10.1. The highest BCUT2D eigenvalue weighted by Crippen LogP contribution is 2.13. The van der Waals surface area contributed by atoms with Gasteiger partial charge in [0, 0.05) is 22.3 Å². The molecule has 1 amide bonds. The predicted molar refractivity (Wildman–Crippen MR) is 80.9 cm³/mol. The van der Waals surface area contributed by atoms with Crippen molar-refractivity contribution in [2.45, 2.75) is 13.5 Å². The molecule has 0 aliphatic carbocycles. The van der Waals surface area contributed by atoms with E-state index in [2.05, 4.69) is 21.2 Å². The van der Waals surface area contributed by atoms with Crippen LogP contribution in [-0.2, 0) is 6.54 Å². The van der Waals surface area contributed by atoms with Crippen molar-refractivity contribution in [3.8, 4) is 0 Å². The Kier molecular flexibility index (Phi) is 4.22. The second-order valence-electron chi connectivity index (χ2n) is 4.38. The van der Waals surface area contributed by atoms with Crippen molar-refractivity contribution in [2.24, 2.45) is 0 Å². The molecule has 4 heteroatoms. The molecule has 0 unspecified atom stereocenters. The van der Waals surface area contributed by atoms with Crippen molar-refractivity contribution in [1.82, 2.24) is 5.32 Å². The molecular weight excluding hydrogens is 304 g/mol. The van der Waals surface area contributed by atoms with Crippen molar-refractivity contribution in [3.05, 3.63) is 63.6 Å². The SMILES string of the molecule is Cc1ccc(N)cc1C(=O)NCc1ccc(Br)cc1. The molecule has 0 atom stereocenters. The first-order valence-electron chi connectivity index (χ1n) is 5.95. The first kappa shape index (κ1) is 13.6. The molecule has 2 rings (SSSR count). The van der Waals surface area contributed by atoms with E-state index in [4.69, 9.17) is 5.73 Å². The van der Waals surface area contributed by atoms with Crippen LogP contribution < -0.4 is 11.1 Å². The number of rotatable bonds is 3. The summed E-state index contributed by atoms with van der Waals surface area (Å²) in [6, 6.07) is 13.2. The van der Waals surface area contributed by atoms with Gasteiger partial charge in [0.05, 0.1) is 0 Å². The zero-order chi connectivity index (χ0) is 13.8. The topological polar surface area (TPSA) is 55.1 Å². The molecule has 0 saturated heterocycles. The minimum Gasteiger partial charge on any atom is -0.399 e. The third kappa shape index (κ3) is 3.58. The van der Waals surface area contributed by atoms with Crippen LogP contribution in [0.2, 0.25) is 0 Å². The van der Waals surface area contributed by atoms with Gasteiger partial charge in [-0.3, -0.25) is 4.79 Å². The van der Waals surface area contributed by atoms with E-state index in [9.17, 15) is 4.79 Å². The fourth-order valence-electron chi connectivity index (χ4n) is 1.76. The number of benzene rings is 2. The van der Waals surface area contributed by atoms with E-state index >= 15 is 0 Å². The number of nitrogen functional groups attached to an aromatic ring is 1. The molecule has 0 aliphatic rings. The summed E-state index contributed by atoms with van der Waals surface area (Å²) in [6.45, 7) is 2.40. The zero-order valence-electron chi connectivity index (χ0n) is 10.6. The van der Waals surface area contributed by atoms with Crippen LogP contribution in [0, 0.1) is 6.92 Å². The Morgan fingerprint density at radius 2 is 1.89 bits per heavy atom. The number of halogens is 1. The largest absolute Gasteiger partial charge is 0.399 e. The van der Waals surface area contributed by atoms with Crippen LogP contribution >= 0.6 is 15.9 Å². The Morgan fingerprint density at radius 1 is 1.21 bits per heavy atom. The number of anilines is 1. The second-order valence-corrected chi connectivity index (χ2v) is 5.30. The van der Waals surface area contributed by atoms with Crippen LogP contribution in [0.25, 0.3) is 0 Å². The Bertz CT molecular complexity index is 594. The van der Waals surface area contributed by atoms with E-state index in [-0.39, 0.29) is 5.91 Å². The number of nitrogens with two attached hydrogens (primary N) is 1. The fourth-order valence-corrected chi connectivity index (χ4v) is 2.03. The molecule has 0 fully saturated rings. The van der Waals surface area contributed by atoms with Gasteiger partial charge < -0.3 is 11.1 Å². The summed E-state index contributed by atoms with van der Waals surface area (Å²) < 4.78 is 1.02. The quantitative estimate of drug-likeness (QED) is 0.853. The van der Waals surface area contributed by atoms with Crippen molar-refractivity contribution in [2.75, 3.05) is 5.73 Å². The highest BCUT2D eigenvalue weighted by atomic mass is 79.9. The van der Waals surface area contributed by atoms with E-state index in [1.165, 1.54) is 0 Å². The fraction of sp³-hybridized carbons (Fsp3) is 0.133. The monoisotopic (exact) mass is 318 g/mol. The molecule has 2 aromatic rings. The maximum Gasteiger partial charge on any atom is 0.251 e. The van der Waals surface area contributed by atoms with Gasteiger partial charge in [-0.05, 0) is 42.3 Å². The highest BCUT2D eigenvalue weighted by Gasteiger charge is 2.08. The lowest BCUT2D eigenvalue weighted by Gasteiger charge is -2.08. The van der Waals surface area contributed by atoms with Crippen LogP contribution in [0.3, 0.4) is 0 Å². The second kappa shape index (κ2) is 5.89. The van der Waals surface area contributed by atoms with Gasteiger partial charge in [0.15, 0.2) is 0 Å². The van der Waals surface area contributed by atoms with Gasteiger partial charge in [-0.15, -0.1) is 0 Å². The molecule has 0 aromatic heterocycles. The summed E-state index contributed by atoms with van der Waals surface area (Å²) in [6.07, 6.45) is 0. The van der Waals surface area contributed by atoms with E-state index in [1.54, 1.807) is 12.1 Å². The van der Waals surface area contributed by atoms with E-state index < -0.39 is 0 Å². The number of hydrogen-bond acceptors (Lipinski definition) is 2. The summed E-state index contributed by atoms with van der Waals surface area (Å²) in [5, 5.41) is 2.89. The first-order chi connectivity index (χ1) is 9.06. The van der Waals surface area contributed by atoms with Crippen molar-refractivity contribution in [3.63, 3.8) is 0 Å². The molecule has 2 aromatic carbocycles. The van der Waals surface area contributed by atoms with Crippen LogP contribution in [0.5, 0.6) is 0 Å². The third-order valence-electron chi connectivity index (χ3n) is 2.87. The van der Waals surface area contributed by atoms with Crippen LogP contribution in [0.15, 0.2) is 46.9 Å². The molecule has 0 radical (unpaired) electrons. The summed E-state index contributed by atoms with van der Waals surface area (Å²) in [5.41, 5.74) is 8.90. The van der Waals surface area contributed by atoms with E-state index in [0.29, 0.717) is 17.8 Å². The summed E-state index contributed by atoms with van der Waals surface area (Å²) in [4.78, 5) is 12.1. The van der Waals surface area contributed by atoms with Gasteiger partial charge >= 0.3 is 0 Å². The van der Waals surface area contributed by atoms with Crippen LogP contribution in [0.1, 0.15) is 21.5 Å². The zero-order valence-corrected chi connectivity index (χ0v) is 12.2. The van der Waals surface area contributed by atoms with Gasteiger partial charge in [-0.1, -0.05) is 34.1 Å². The lowest BCUT2D eigenvalue weighted by Crippen LogP contribution is -2.23. The van der Waals surface area contributed by atoms with Crippen LogP contribution in [-0.4, -0.2) is 5.91 Å². The Balaban J connectivity index is 2.05. The Labute approximate surface area is 121 Å². The van der Waals surface area contributed by atoms with E-state index in [0.717, 1.165) is 15.6 Å². The van der Waals surface area contributed by atoms with Gasteiger partial charge in [0.25, 0.3) is 5.91 Å². The smallest absolute Gasteiger partial charge is 0.251 e. The number of amides is 1. The third-order valence-corrected chi connectivity index (χ3v) is 3.40. The number of nitrogens with one attached hydrogen (secondary N) is 1. The average Bonchev–Trinajstić information content (AvgIpc) is 2.40. The molecule has 3 N–H and O–H groups in total. The minimum absolute atomic E-state index is 0.104. The Hall–Kier alpha value is -1.81. The highest BCUT2D eigenvalue weighted by molar-refractivity contribution is 9.10.